The lowest BCUT2D eigenvalue weighted by atomic mass is 9.80. The molecule has 1 aliphatic heterocycles. The number of piperidine rings is 1. The predicted molar refractivity (Wildman–Crippen MR) is 80.9 cm³/mol. The van der Waals surface area contributed by atoms with Gasteiger partial charge in [0.2, 0.25) is 0 Å². The van der Waals surface area contributed by atoms with Crippen LogP contribution in [0.2, 0.25) is 0 Å². The molecule has 0 saturated carbocycles. The second-order valence-corrected chi connectivity index (χ2v) is 7.11. The normalized spacial score (nSPS) is 24.5. The Hall–Kier alpha value is -0.0800. The van der Waals surface area contributed by atoms with Crippen molar-refractivity contribution in [3.05, 3.63) is 0 Å². The van der Waals surface area contributed by atoms with Crippen LogP contribution in [0.25, 0.3) is 0 Å². The standard InChI is InChI=1S/C16H34N2/c1-7-18-10-8-9-15(11-18)14(4)17-12-16(5,6)13(2)3/h13-15,17H,7-12H2,1-6H3. The molecule has 1 fully saturated rings. The van der Waals surface area contributed by atoms with E-state index in [9.17, 15) is 0 Å². The van der Waals surface area contributed by atoms with Crippen molar-refractivity contribution in [3.8, 4) is 0 Å². The number of nitrogens with zero attached hydrogens (tertiary/aromatic N) is 1. The maximum Gasteiger partial charge on any atom is 0.00794 e. The molecule has 0 aromatic heterocycles. The molecule has 1 N–H and O–H groups in total. The van der Waals surface area contributed by atoms with Crippen molar-refractivity contribution in [3.63, 3.8) is 0 Å². The zero-order valence-electron chi connectivity index (χ0n) is 13.4. The molecule has 108 valence electrons. The Kier molecular flexibility index (Phi) is 6.13. The van der Waals surface area contributed by atoms with Crippen LogP contribution >= 0.6 is 0 Å². The molecule has 2 heteroatoms. The second kappa shape index (κ2) is 6.91. The van der Waals surface area contributed by atoms with Crippen LogP contribution in [0.5, 0.6) is 0 Å². The molecule has 0 aliphatic carbocycles. The summed E-state index contributed by atoms with van der Waals surface area (Å²) in [4.78, 5) is 2.60. The minimum Gasteiger partial charge on any atom is -0.313 e. The average molecular weight is 254 g/mol. The highest BCUT2D eigenvalue weighted by atomic mass is 15.1. The number of hydrogen-bond acceptors (Lipinski definition) is 2. The molecular formula is C16H34N2. The Balaban J connectivity index is 2.38. The van der Waals surface area contributed by atoms with E-state index in [-0.39, 0.29) is 0 Å². The molecule has 1 saturated heterocycles. The highest BCUT2D eigenvalue weighted by Gasteiger charge is 2.27. The zero-order chi connectivity index (χ0) is 13.8. The van der Waals surface area contributed by atoms with Gasteiger partial charge < -0.3 is 10.2 Å². The van der Waals surface area contributed by atoms with E-state index >= 15 is 0 Å². The van der Waals surface area contributed by atoms with Crippen molar-refractivity contribution in [2.75, 3.05) is 26.2 Å². The first kappa shape index (κ1) is 16.0. The van der Waals surface area contributed by atoms with Gasteiger partial charge in [0.05, 0.1) is 0 Å². The summed E-state index contributed by atoms with van der Waals surface area (Å²) in [6.07, 6.45) is 2.77. The molecule has 1 rings (SSSR count). The first-order valence-corrected chi connectivity index (χ1v) is 7.82. The van der Waals surface area contributed by atoms with E-state index in [4.69, 9.17) is 0 Å². The fourth-order valence-corrected chi connectivity index (χ4v) is 2.58. The van der Waals surface area contributed by atoms with Crippen molar-refractivity contribution in [1.29, 1.82) is 0 Å². The Morgan fingerprint density at radius 1 is 1.28 bits per heavy atom. The number of nitrogens with one attached hydrogen (secondary N) is 1. The molecule has 0 spiro atoms. The predicted octanol–water partition coefficient (Wildman–Crippen LogP) is 3.38. The van der Waals surface area contributed by atoms with Gasteiger partial charge >= 0.3 is 0 Å². The third-order valence-electron chi connectivity index (χ3n) is 5.14. The monoisotopic (exact) mass is 254 g/mol. The molecule has 2 atom stereocenters. The van der Waals surface area contributed by atoms with Gasteiger partial charge in [-0.15, -0.1) is 0 Å². The minimum absolute atomic E-state index is 0.396. The second-order valence-electron chi connectivity index (χ2n) is 7.11. The summed E-state index contributed by atoms with van der Waals surface area (Å²) in [6, 6.07) is 0.650. The first-order chi connectivity index (χ1) is 8.36. The van der Waals surface area contributed by atoms with Crippen molar-refractivity contribution < 1.29 is 0 Å². The molecule has 0 bridgehead atoms. The maximum absolute atomic E-state index is 3.79. The summed E-state index contributed by atoms with van der Waals surface area (Å²) in [5, 5.41) is 3.79. The lowest BCUT2D eigenvalue weighted by Gasteiger charge is -2.37. The summed E-state index contributed by atoms with van der Waals surface area (Å²) in [6.45, 7) is 19.0. The van der Waals surface area contributed by atoms with Gasteiger partial charge in [0, 0.05) is 19.1 Å². The number of likely N-dealkylation sites (tertiary alicyclic amines) is 1. The van der Waals surface area contributed by atoms with Gasteiger partial charge in [-0.3, -0.25) is 0 Å². The molecule has 2 nitrogen and oxygen atoms in total. The molecule has 0 radical (unpaired) electrons. The zero-order valence-corrected chi connectivity index (χ0v) is 13.4. The third kappa shape index (κ3) is 4.55. The van der Waals surface area contributed by atoms with Gasteiger partial charge in [-0.25, -0.2) is 0 Å². The van der Waals surface area contributed by atoms with Crippen LogP contribution in [0.15, 0.2) is 0 Å². The molecule has 0 aromatic rings. The smallest absolute Gasteiger partial charge is 0.00794 e. The maximum atomic E-state index is 3.79. The Labute approximate surface area is 115 Å². The van der Waals surface area contributed by atoms with Crippen molar-refractivity contribution >= 4 is 0 Å². The molecule has 18 heavy (non-hydrogen) atoms. The first-order valence-electron chi connectivity index (χ1n) is 7.82. The Morgan fingerprint density at radius 3 is 2.50 bits per heavy atom. The van der Waals surface area contributed by atoms with Gasteiger partial charge in [-0.1, -0.05) is 34.6 Å². The van der Waals surface area contributed by atoms with Gasteiger partial charge in [-0.2, -0.15) is 0 Å². The summed E-state index contributed by atoms with van der Waals surface area (Å²) >= 11 is 0. The van der Waals surface area contributed by atoms with Gasteiger partial charge in [-0.05, 0) is 50.1 Å². The van der Waals surface area contributed by atoms with E-state index < -0.39 is 0 Å². The summed E-state index contributed by atoms with van der Waals surface area (Å²) < 4.78 is 0. The van der Waals surface area contributed by atoms with Gasteiger partial charge in [0.25, 0.3) is 0 Å². The van der Waals surface area contributed by atoms with Crippen LogP contribution < -0.4 is 5.32 Å². The van der Waals surface area contributed by atoms with Crippen LogP contribution in [0.3, 0.4) is 0 Å². The van der Waals surface area contributed by atoms with E-state index in [1.165, 1.54) is 32.5 Å². The van der Waals surface area contributed by atoms with E-state index in [1.807, 2.05) is 0 Å². The summed E-state index contributed by atoms with van der Waals surface area (Å²) in [5.74, 6) is 1.57. The lowest BCUT2D eigenvalue weighted by Crippen LogP contribution is -2.47. The van der Waals surface area contributed by atoms with Crippen LogP contribution in [0.4, 0.5) is 0 Å². The molecule has 1 aliphatic rings. The Morgan fingerprint density at radius 2 is 1.94 bits per heavy atom. The molecule has 2 unspecified atom stereocenters. The topological polar surface area (TPSA) is 15.3 Å². The lowest BCUT2D eigenvalue weighted by molar-refractivity contribution is 0.145. The highest BCUT2D eigenvalue weighted by molar-refractivity contribution is 4.83. The molecular weight excluding hydrogens is 220 g/mol. The SMILES string of the molecule is CCN1CCCC(C(C)NCC(C)(C)C(C)C)C1. The van der Waals surface area contributed by atoms with E-state index in [0.29, 0.717) is 11.5 Å². The minimum atomic E-state index is 0.396. The molecule has 0 amide bonds. The molecule has 1 heterocycles. The Bertz CT molecular complexity index is 235. The van der Waals surface area contributed by atoms with Gasteiger partial charge in [0.15, 0.2) is 0 Å². The van der Waals surface area contributed by atoms with Crippen molar-refractivity contribution in [1.82, 2.24) is 10.2 Å². The average Bonchev–Trinajstić information content (AvgIpc) is 2.36. The van der Waals surface area contributed by atoms with E-state index in [2.05, 4.69) is 51.8 Å². The van der Waals surface area contributed by atoms with Crippen LogP contribution in [0, 0.1) is 17.3 Å². The van der Waals surface area contributed by atoms with E-state index in [0.717, 1.165) is 18.4 Å². The summed E-state index contributed by atoms with van der Waals surface area (Å²) in [7, 11) is 0. The van der Waals surface area contributed by atoms with E-state index in [1.54, 1.807) is 0 Å². The quantitative estimate of drug-likeness (QED) is 0.782. The molecule has 0 aromatic carbocycles. The van der Waals surface area contributed by atoms with Crippen LogP contribution in [-0.4, -0.2) is 37.1 Å². The third-order valence-corrected chi connectivity index (χ3v) is 5.14. The summed E-state index contributed by atoms with van der Waals surface area (Å²) in [5.41, 5.74) is 0.396. The highest BCUT2D eigenvalue weighted by Crippen LogP contribution is 2.26. The van der Waals surface area contributed by atoms with Crippen LogP contribution in [0.1, 0.15) is 54.4 Å². The van der Waals surface area contributed by atoms with Crippen molar-refractivity contribution in [2.45, 2.75) is 60.4 Å². The van der Waals surface area contributed by atoms with Crippen LogP contribution in [-0.2, 0) is 0 Å². The van der Waals surface area contributed by atoms with Gasteiger partial charge in [0.1, 0.15) is 0 Å². The fraction of sp³-hybridized carbons (Fsp3) is 1.00. The largest absolute Gasteiger partial charge is 0.313 e. The number of rotatable bonds is 6. The van der Waals surface area contributed by atoms with Crippen molar-refractivity contribution in [2.24, 2.45) is 17.3 Å². The fourth-order valence-electron chi connectivity index (χ4n) is 2.58. The number of hydrogen-bond donors (Lipinski definition) is 1.